The zero-order chi connectivity index (χ0) is 14.5. The van der Waals surface area contributed by atoms with Gasteiger partial charge < -0.3 is 19.5 Å². The van der Waals surface area contributed by atoms with E-state index in [9.17, 15) is 0 Å². The summed E-state index contributed by atoms with van der Waals surface area (Å²) in [7, 11) is 3.30. The molecule has 1 aliphatic carbocycles. The van der Waals surface area contributed by atoms with Crippen LogP contribution in [-0.4, -0.2) is 33.4 Å². The molecule has 0 aromatic heterocycles. The monoisotopic (exact) mass is 279 g/mol. The largest absolute Gasteiger partial charge is 0.493 e. The Balaban J connectivity index is 1.95. The Bertz CT molecular complexity index is 418. The van der Waals surface area contributed by atoms with Gasteiger partial charge in [-0.05, 0) is 37.5 Å². The molecule has 0 aliphatic heterocycles. The van der Waals surface area contributed by atoms with Gasteiger partial charge in [0.1, 0.15) is 0 Å². The van der Waals surface area contributed by atoms with Gasteiger partial charge >= 0.3 is 0 Å². The fraction of sp³-hybridized carbons (Fsp3) is 0.625. The maximum absolute atomic E-state index is 5.93. The summed E-state index contributed by atoms with van der Waals surface area (Å²) >= 11 is 0. The maximum Gasteiger partial charge on any atom is 0.203 e. The normalized spacial score (nSPS) is 15.8. The third-order valence-corrected chi connectivity index (χ3v) is 3.45. The average molecular weight is 279 g/mol. The van der Waals surface area contributed by atoms with Gasteiger partial charge in [-0.1, -0.05) is 6.92 Å². The molecule has 1 saturated carbocycles. The van der Waals surface area contributed by atoms with E-state index >= 15 is 0 Å². The van der Waals surface area contributed by atoms with Crippen LogP contribution in [0.3, 0.4) is 0 Å². The highest BCUT2D eigenvalue weighted by atomic mass is 16.5. The van der Waals surface area contributed by atoms with Gasteiger partial charge in [0.25, 0.3) is 0 Å². The fourth-order valence-corrected chi connectivity index (χ4v) is 2.09. The standard InChI is InChI=1S/C16H25NO3/c1-11-7-14(18-3)16(15(8-11)19-4)20-10-12(2)9-17-13-5-6-13/h7-8,12-13,17H,5-6,9-10H2,1-4H3. The molecular weight excluding hydrogens is 254 g/mol. The zero-order valence-electron chi connectivity index (χ0n) is 12.9. The van der Waals surface area contributed by atoms with Gasteiger partial charge in [0.05, 0.1) is 20.8 Å². The molecule has 0 radical (unpaired) electrons. The lowest BCUT2D eigenvalue weighted by Crippen LogP contribution is -2.26. The molecule has 0 bridgehead atoms. The lowest BCUT2D eigenvalue weighted by molar-refractivity contribution is 0.232. The molecule has 1 aromatic carbocycles. The number of hydrogen-bond acceptors (Lipinski definition) is 4. The van der Waals surface area contributed by atoms with E-state index in [0.717, 1.165) is 29.6 Å². The van der Waals surface area contributed by atoms with E-state index in [-0.39, 0.29) is 0 Å². The Morgan fingerprint density at radius 1 is 1.20 bits per heavy atom. The second kappa shape index (κ2) is 6.84. The minimum Gasteiger partial charge on any atom is -0.493 e. The molecule has 1 aromatic rings. The van der Waals surface area contributed by atoms with Crippen molar-refractivity contribution < 1.29 is 14.2 Å². The van der Waals surface area contributed by atoms with Crippen molar-refractivity contribution in [3.63, 3.8) is 0 Å². The van der Waals surface area contributed by atoms with Gasteiger partial charge in [0, 0.05) is 18.5 Å². The van der Waals surface area contributed by atoms with E-state index in [4.69, 9.17) is 14.2 Å². The highest BCUT2D eigenvalue weighted by Gasteiger charge is 2.21. The molecule has 0 spiro atoms. The predicted octanol–water partition coefficient (Wildman–Crippen LogP) is 2.78. The Kier molecular flexibility index (Phi) is 5.12. The molecule has 0 heterocycles. The van der Waals surface area contributed by atoms with Crippen LogP contribution < -0.4 is 19.5 Å². The van der Waals surface area contributed by atoms with E-state index in [1.165, 1.54) is 12.8 Å². The number of benzene rings is 1. The highest BCUT2D eigenvalue weighted by molar-refractivity contribution is 5.53. The van der Waals surface area contributed by atoms with Gasteiger partial charge in [0.15, 0.2) is 11.5 Å². The second-order valence-electron chi connectivity index (χ2n) is 5.60. The van der Waals surface area contributed by atoms with Gasteiger partial charge in [-0.25, -0.2) is 0 Å². The Morgan fingerprint density at radius 3 is 2.30 bits per heavy atom. The molecule has 0 amide bonds. The zero-order valence-corrected chi connectivity index (χ0v) is 12.9. The molecular formula is C16H25NO3. The molecule has 1 atom stereocenters. The van der Waals surface area contributed by atoms with Crippen LogP contribution in [0.4, 0.5) is 0 Å². The van der Waals surface area contributed by atoms with E-state index in [0.29, 0.717) is 18.3 Å². The molecule has 1 aliphatic rings. The molecule has 112 valence electrons. The summed E-state index contributed by atoms with van der Waals surface area (Å²) < 4.78 is 16.7. The number of rotatable bonds is 8. The molecule has 1 fully saturated rings. The summed E-state index contributed by atoms with van der Waals surface area (Å²) in [6, 6.07) is 4.66. The molecule has 20 heavy (non-hydrogen) atoms. The average Bonchev–Trinajstić information content (AvgIpc) is 3.26. The van der Waals surface area contributed by atoms with Gasteiger partial charge in [0.2, 0.25) is 5.75 Å². The summed E-state index contributed by atoms with van der Waals surface area (Å²) in [5.41, 5.74) is 1.09. The van der Waals surface area contributed by atoms with Crippen LogP contribution in [0.15, 0.2) is 12.1 Å². The van der Waals surface area contributed by atoms with Crippen LogP contribution in [0.2, 0.25) is 0 Å². The van der Waals surface area contributed by atoms with Crippen LogP contribution >= 0.6 is 0 Å². The Morgan fingerprint density at radius 2 is 1.80 bits per heavy atom. The summed E-state index contributed by atoms with van der Waals surface area (Å²) in [4.78, 5) is 0. The Hall–Kier alpha value is -1.42. The Labute approximate surface area is 121 Å². The van der Waals surface area contributed by atoms with E-state index in [2.05, 4.69) is 12.2 Å². The molecule has 4 nitrogen and oxygen atoms in total. The van der Waals surface area contributed by atoms with Crippen molar-refractivity contribution in [2.75, 3.05) is 27.4 Å². The van der Waals surface area contributed by atoms with Crippen LogP contribution in [0.1, 0.15) is 25.3 Å². The summed E-state index contributed by atoms with van der Waals surface area (Å²) in [5.74, 6) is 2.60. The number of nitrogens with one attached hydrogen (secondary N) is 1. The summed E-state index contributed by atoms with van der Waals surface area (Å²) in [6.07, 6.45) is 2.63. The van der Waals surface area contributed by atoms with E-state index in [1.54, 1.807) is 14.2 Å². The minimum atomic E-state index is 0.450. The quantitative estimate of drug-likeness (QED) is 0.794. The minimum absolute atomic E-state index is 0.450. The predicted molar refractivity (Wildman–Crippen MR) is 80.0 cm³/mol. The summed E-state index contributed by atoms with van der Waals surface area (Å²) in [6.45, 7) is 5.83. The number of ether oxygens (including phenoxy) is 3. The van der Waals surface area contributed by atoms with Crippen molar-refractivity contribution in [1.29, 1.82) is 0 Å². The van der Waals surface area contributed by atoms with Crippen LogP contribution in [0, 0.1) is 12.8 Å². The molecule has 2 rings (SSSR count). The van der Waals surface area contributed by atoms with Crippen molar-refractivity contribution in [2.45, 2.75) is 32.7 Å². The second-order valence-corrected chi connectivity index (χ2v) is 5.60. The first-order valence-electron chi connectivity index (χ1n) is 7.22. The van der Waals surface area contributed by atoms with Crippen molar-refractivity contribution in [3.8, 4) is 17.2 Å². The number of aryl methyl sites for hydroxylation is 1. The topological polar surface area (TPSA) is 39.7 Å². The molecule has 0 saturated heterocycles. The fourth-order valence-electron chi connectivity index (χ4n) is 2.09. The lowest BCUT2D eigenvalue weighted by atomic mass is 10.2. The van der Waals surface area contributed by atoms with Crippen LogP contribution in [0.5, 0.6) is 17.2 Å². The molecule has 1 N–H and O–H groups in total. The van der Waals surface area contributed by atoms with Crippen LogP contribution in [-0.2, 0) is 0 Å². The first-order chi connectivity index (χ1) is 9.63. The first-order valence-corrected chi connectivity index (χ1v) is 7.22. The highest BCUT2D eigenvalue weighted by Crippen LogP contribution is 2.38. The van der Waals surface area contributed by atoms with Gasteiger partial charge in [-0.2, -0.15) is 0 Å². The maximum atomic E-state index is 5.93. The van der Waals surface area contributed by atoms with Gasteiger partial charge in [-0.3, -0.25) is 0 Å². The van der Waals surface area contributed by atoms with Gasteiger partial charge in [-0.15, -0.1) is 0 Å². The number of methoxy groups -OCH3 is 2. The van der Waals surface area contributed by atoms with Crippen LogP contribution in [0.25, 0.3) is 0 Å². The molecule has 1 unspecified atom stereocenters. The first kappa shape index (κ1) is 15.0. The molecule has 4 heteroatoms. The van der Waals surface area contributed by atoms with E-state index in [1.807, 2.05) is 19.1 Å². The van der Waals surface area contributed by atoms with Crippen molar-refractivity contribution in [1.82, 2.24) is 5.32 Å². The number of hydrogen-bond donors (Lipinski definition) is 1. The van der Waals surface area contributed by atoms with E-state index < -0.39 is 0 Å². The third kappa shape index (κ3) is 4.04. The van der Waals surface area contributed by atoms with Crippen molar-refractivity contribution in [3.05, 3.63) is 17.7 Å². The smallest absolute Gasteiger partial charge is 0.203 e. The summed E-state index contributed by atoms with van der Waals surface area (Å²) in [5, 5.41) is 3.52. The third-order valence-electron chi connectivity index (χ3n) is 3.45. The lowest BCUT2D eigenvalue weighted by Gasteiger charge is -2.18. The van der Waals surface area contributed by atoms with Crippen molar-refractivity contribution in [2.24, 2.45) is 5.92 Å². The van der Waals surface area contributed by atoms with Crippen molar-refractivity contribution >= 4 is 0 Å². The SMILES string of the molecule is COc1cc(C)cc(OC)c1OCC(C)CNC1CC1.